The molecule has 0 aliphatic rings. The molecule has 0 radical (unpaired) electrons. The van der Waals surface area contributed by atoms with Crippen molar-refractivity contribution in [1.82, 2.24) is 0 Å². The molecule has 0 fully saturated rings. The van der Waals surface area contributed by atoms with Crippen molar-refractivity contribution in [3.8, 4) is 0 Å². The van der Waals surface area contributed by atoms with E-state index in [0.29, 0.717) is 0 Å². The molecule has 56 valence electrons. The van der Waals surface area contributed by atoms with Crippen molar-refractivity contribution in [2.45, 2.75) is 0 Å². The van der Waals surface area contributed by atoms with Crippen LogP contribution in [0.4, 0.5) is 0 Å². The van der Waals surface area contributed by atoms with Gasteiger partial charge in [-0.1, -0.05) is 0 Å². The monoisotopic (exact) mass is 306 g/mol. The van der Waals surface area contributed by atoms with Crippen molar-refractivity contribution < 1.29 is 129 Å². The molecule has 8 heteroatoms. The van der Waals surface area contributed by atoms with E-state index in [0.717, 1.165) is 0 Å². The molecule has 0 aliphatic carbocycles. The second-order valence-corrected chi connectivity index (χ2v) is 0. The molecule has 0 aliphatic heterocycles. The predicted molar refractivity (Wildman–Crippen MR) is 23.5 cm³/mol. The Bertz CT molecular complexity index is 68.0. The van der Waals surface area contributed by atoms with Gasteiger partial charge in [-0.2, -0.15) is 0 Å². The zero-order valence-electron chi connectivity index (χ0n) is 6.61. The van der Waals surface area contributed by atoms with Crippen LogP contribution in [-0.2, 0) is 20.4 Å². The summed E-state index contributed by atoms with van der Waals surface area (Å²) in [7, 11) is 0. The molecular weight excluding hydrogens is 305 g/mol. The third-order valence-corrected chi connectivity index (χ3v) is 0. The van der Waals surface area contributed by atoms with E-state index in [-0.39, 0.29) is 129 Å². The Morgan fingerprint density at radius 3 is 0.500 bits per heavy atom. The molecule has 0 aromatic heterocycles. The maximum Gasteiger partial charge on any atom is 2.00 e. The SMILES string of the molecule is O.[C-]#N.[C-]#N.[C-]#N.[C-]#N.[K+].[K+].[Pd+2]. The number of nitrogens with zero attached hydrogens (tertiary/aromatic N) is 4. The molecule has 0 atom stereocenters. The van der Waals surface area contributed by atoms with Crippen molar-refractivity contribution in [2.75, 3.05) is 0 Å². The van der Waals surface area contributed by atoms with Gasteiger partial charge >= 0.3 is 123 Å². The van der Waals surface area contributed by atoms with Gasteiger partial charge in [-0.05, 0) is 0 Å². The van der Waals surface area contributed by atoms with Crippen LogP contribution in [0, 0.1) is 47.3 Å². The van der Waals surface area contributed by atoms with E-state index in [9.17, 15) is 0 Å². The molecule has 0 amide bonds. The molecular formula is C4H2K2N4OPd. The molecule has 0 aromatic carbocycles. The molecule has 0 heterocycles. The quantitative estimate of drug-likeness (QED) is 0.326. The molecule has 0 saturated heterocycles. The number of hydrogen-bond donors (Lipinski definition) is 0. The summed E-state index contributed by atoms with van der Waals surface area (Å²) in [6.07, 6.45) is 0. The third kappa shape index (κ3) is 406. The summed E-state index contributed by atoms with van der Waals surface area (Å²) < 4.78 is 0. The molecule has 5 nitrogen and oxygen atoms in total. The molecule has 0 aromatic rings. The van der Waals surface area contributed by atoms with Gasteiger partial charge < -0.3 is 52.8 Å². The van der Waals surface area contributed by atoms with Crippen molar-refractivity contribution >= 4 is 0 Å². The zero-order valence-corrected chi connectivity index (χ0v) is 14.4. The van der Waals surface area contributed by atoms with Gasteiger partial charge in [-0.25, -0.2) is 0 Å². The van der Waals surface area contributed by atoms with Gasteiger partial charge in [-0.15, -0.1) is 0 Å². The standard InChI is InChI=1S/4CN.2K.H2O.Pd/c4*1-2;;;;/h;;;;;;1H2;/q4*-1;2*+1;;+2. The van der Waals surface area contributed by atoms with Crippen molar-refractivity contribution in [3.05, 3.63) is 26.3 Å². The molecule has 0 rings (SSSR count). The van der Waals surface area contributed by atoms with Crippen LogP contribution in [-0.4, -0.2) is 5.48 Å². The van der Waals surface area contributed by atoms with Crippen LogP contribution >= 0.6 is 0 Å². The summed E-state index contributed by atoms with van der Waals surface area (Å²) in [5, 5.41) is 25.0. The largest absolute Gasteiger partial charge is 2.00 e. The van der Waals surface area contributed by atoms with Crippen molar-refractivity contribution in [3.63, 3.8) is 0 Å². The first kappa shape index (κ1) is 66.8. The summed E-state index contributed by atoms with van der Waals surface area (Å²) in [5.41, 5.74) is 0. The van der Waals surface area contributed by atoms with E-state index >= 15 is 0 Å². The Hall–Kier alpha value is 1.86. The maximum absolute atomic E-state index is 6.25. The first-order valence-electron chi connectivity index (χ1n) is 0.894. The number of hydrogen-bond acceptors (Lipinski definition) is 4. The van der Waals surface area contributed by atoms with Crippen LogP contribution in [0.3, 0.4) is 0 Å². The molecule has 0 spiro atoms. The molecule has 0 unspecified atom stereocenters. The van der Waals surface area contributed by atoms with E-state index in [1.54, 1.807) is 0 Å². The van der Waals surface area contributed by atoms with E-state index in [2.05, 4.69) is 0 Å². The molecule has 0 bridgehead atoms. The van der Waals surface area contributed by atoms with Gasteiger partial charge in [0.15, 0.2) is 0 Å². The summed E-state index contributed by atoms with van der Waals surface area (Å²) in [6, 6.07) is 0. The van der Waals surface area contributed by atoms with Crippen LogP contribution < -0.4 is 103 Å². The normalized spacial score (nSPS) is 0.667. The van der Waals surface area contributed by atoms with Gasteiger partial charge in [0.05, 0.1) is 0 Å². The van der Waals surface area contributed by atoms with Crippen molar-refractivity contribution in [1.29, 1.82) is 21.0 Å². The second kappa shape index (κ2) is 525. The Morgan fingerprint density at radius 1 is 0.500 bits per heavy atom. The number of rotatable bonds is 0. The fourth-order valence-corrected chi connectivity index (χ4v) is 0. The predicted octanol–water partition coefficient (Wildman–Crippen LogP) is -6.43. The second-order valence-electron chi connectivity index (χ2n) is 0. The van der Waals surface area contributed by atoms with Crippen LogP contribution in [0.1, 0.15) is 0 Å². The Morgan fingerprint density at radius 2 is 0.500 bits per heavy atom. The van der Waals surface area contributed by atoms with Gasteiger partial charge in [0.25, 0.3) is 0 Å². The van der Waals surface area contributed by atoms with Gasteiger partial charge in [0, 0.05) is 0 Å². The minimum atomic E-state index is 0. The third-order valence-electron chi connectivity index (χ3n) is 0. The summed E-state index contributed by atoms with van der Waals surface area (Å²) in [6.45, 7) is 19.0. The maximum atomic E-state index is 6.25. The summed E-state index contributed by atoms with van der Waals surface area (Å²) in [5.74, 6) is 0. The van der Waals surface area contributed by atoms with E-state index in [1.165, 1.54) is 0 Å². The summed E-state index contributed by atoms with van der Waals surface area (Å²) >= 11 is 0. The Balaban J connectivity index is -0.00000000267. The van der Waals surface area contributed by atoms with Crippen molar-refractivity contribution in [2.24, 2.45) is 0 Å². The Kier molecular flexibility index (Phi) is 2920. The van der Waals surface area contributed by atoms with Gasteiger partial charge in [0.1, 0.15) is 0 Å². The summed E-state index contributed by atoms with van der Waals surface area (Å²) in [4.78, 5) is 0. The molecule has 2 N–H and O–H groups in total. The average molecular weight is 307 g/mol. The molecule has 12 heavy (non-hydrogen) atoms. The van der Waals surface area contributed by atoms with Crippen LogP contribution in [0.25, 0.3) is 0 Å². The zero-order chi connectivity index (χ0) is 8.00. The van der Waals surface area contributed by atoms with E-state index in [4.69, 9.17) is 47.3 Å². The van der Waals surface area contributed by atoms with Crippen LogP contribution in [0.2, 0.25) is 0 Å². The topological polar surface area (TPSA) is 127 Å². The molecule has 0 saturated carbocycles. The fraction of sp³-hybridized carbons (Fsp3) is 0. The first-order valence-corrected chi connectivity index (χ1v) is 0.894. The van der Waals surface area contributed by atoms with Crippen LogP contribution in [0.5, 0.6) is 0 Å². The minimum absolute atomic E-state index is 0. The Labute approximate surface area is 172 Å². The first-order chi connectivity index (χ1) is 4.00. The average Bonchev–Trinajstić information content (AvgIpc) is 2.03. The van der Waals surface area contributed by atoms with E-state index < -0.39 is 0 Å². The fourth-order valence-electron chi connectivity index (χ4n) is 0. The minimum Gasteiger partial charge on any atom is -0.512 e. The van der Waals surface area contributed by atoms with Crippen LogP contribution in [0.15, 0.2) is 0 Å². The van der Waals surface area contributed by atoms with Gasteiger partial charge in [-0.3, -0.25) is 0 Å². The smallest absolute Gasteiger partial charge is 0.512 e. The van der Waals surface area contributed by atoms with Gasteiger partial charge in [0.2, 0.25) is 0 Å². The van der Waals surface area contributed by atoms with E-state index in [1.807, 2.05) is 0 Å².